The third-order valence-corrected chi connectivity index (χ3v) is 4.27. The summed E-state index contributed by atoms with van der Waals surface area (Å²) in [6.45, 7) is 2.06. The van der Waals surface area contributed by atoms with Gasteiger partial charge in [-0.05, 0) is 26.8 Å². The Labute approximate surface area is 104 Å². The molecule has 0 fully saturated rings. The van der Waals surface area contributed by atoms with Gasteiger partial charge in [-0.3, -0.25) is 4.79 Å². The standard InChI is InChI=1S/C11H24N2O3S/c1-10(12-2)7-5-6-8-17(15,16)9-11(14)13(3)4/h10,12H,5-9H2,1-4H3. The highest BCUT2D eigenvalue weighted by Crippen LogP contribution is 2.04. The number of carbonyl (C=O) groups excluding carboxylic acids is 1. The zero-order chi connectivity index (χ0) is 13.5. The maximum Gasteiger partial charge on any atom is 0.237 e. The first-order chi connectivity index (χ1) is 7.78. The van der Waals surface area contributed by atoms with E-state index in [-0.39, 0.29) is 17.4 Å². The molecule has 0 aromatic heterocycles. The van der Waals surface area contributed by atoms with E-state index in [0.29, 0.717) is 12.5 Å². The number of hydrogen-bond donors (Lipinski definition) is 1. The number of unbranched alkanes of at least 4 members (excludes halogenated alkanes) is 1. The molecule has 0 rings (SSSR count). The van der Waals surface area contributed by atoms with E-state index < -0.39 is 9.84 Å². The third-order valence-electron chi connectivity index (χ3n) is 2.68. The maximum absolute atomic E-state index is 11.6. The van der Waals surface area contributed by atoms with Crippen LogP contribution in [0, 0.1) is 0 Å². The first-order valence-electron chi connectivity index (χ1n) is 5.86. The average molecular weight is 264 g/mol. The number of carbonyl (C=O) groups is 1. The molecule has 0 bridgehead atoms. The van der Waals surface area contributed by atoms with Crippen LogP contribution in [0.5, 0.6) is 0 Å². The van der Waals surface area contributed by atoms with E-state index in [4.69, 9.17) is 0 Å². The molecule has 5 nitrogen and oxygen atoms in total. The molecule has 0 spiro atoms. The monoisotopic (exact) mass is 264 g/mol. The van der Waals surface area contributed by atoms with E-state index in [0.717, 1.165) is 12.8 Å². The van der Waals surface area contributed by atoms with Crippen LogP contribution in [0.1, 0.15) is 26.2 Å². The highest BCUT2D eigenvalue weighted by molar-refractivity contribution is 7.92. The minimum atomic E-state index is -3.24. The van der Waals surface area contributed by atoms with E-state index >= 15 is 0 Å². The van der Waals surface area contributed by atoms with Gasteiger partial charge < -0.3 is 10.2 Å². The number of hydrogen-bond acceptors (Lipinski definition) is 4. The van der Waals surface area contributed by atoms with Gasteiger partial charge in [0, 0.05) is 20.1 Å². The molecule has 0 aliphatic carbocycles. The lowest BCUT2D eigenvalue weighted by molar-refractivity contribution is -0.125. The molecule has 0 aromatic carbocycles. The van der Waals surface area contributed by atoms with Crippen LogP contribution >= 0.6 is 0 Å². The first-order valence-corrected chi connectivity index (χ1v) is 7.68. The SMILES string of the molecule is CNC(C)CCCCS(=O)(=O)CC(=O)N(C)C. The summed E-state index contributed by atoms with van der Waals surface area (Å²) < 4.78 is 23.2. The Kier molecular flexibility index (Phi) is 7.38. The van der Waals surface area contributed by atoms with Crippen LogP contribution in [-0.4, -0.2) is 57.9 Å². The first kappa shape index (κ1) is 16.4. The van der Waals surface area contributed by atoms with E-state index in [1.54, 1.807) is 14.1 Å². The number of rotatable bonds is 8. The molecule has 1 amide bonds. The smallest absolute Gasteiger partial charge is 0.237 e. The van der Waals surface area contributed by atoms with Gasteiger partial charge >= 0.3 is 0 Å². The van der Waals surface area contributed by atoms with Crippen molar-refractivity contribution in [2.24, 2.45) is 0 Å². The van der Waals surface area contributed by atoms with Crippen LogP contribution < -0.4 is 5.32 Å². The molecule has 0 aliphatic rings. The molecule has 17 heavy (non-hydrogen) atoms. The van der Waals surface area contributed by atoms with Crippen LogP contribution in [0.4, 0.5) is 0 Å². The predicted octanol–water partition coefficient (Wildman–Crippen LogP) is 0.268. The van der Waals surface area contributed by atoms with Crippen molar-refractivity contribution in [1.29, 1.82) is 0 Å². The average Bonchev–Trinajstić information content (AvgIpc) is 2.23. The minimum absolute atomic E-state index is 0.100. The molecule has 0 aliphatic heterocycles. The summed E-state index contributed by atoms with van der Waals surface area (Å²) >= 11 is 0. The quantitative estimate of drug-likeness (QED) is 0.639. The van der Waals surface area contributed by atoms with Crippen LogP contribution in [0.15, 0.2) is 0 Å². The Morgan fingerprint density at radius 3 is 2.35 bits per heavy atom. The molecule has 1 atom stereocenters. The Hall–Kier alpha value is -0.620. The fourth-order valence-corrected chi connectivity index (χ4v) is 2.73. The Bertz CT molecular complexity index is 326. The zero-order valence-electron chi connectivity index (χ0n) is 11.2. The van der Waals surface area contributed by atoms with E-state index in [2.05, 4.69) is 12.2 Å². The van der Waals surface area contributed by atoms with Crippen molar-refractivity contribution in [3.63, 3.8) is 0 Å². The summed E-state index contributed by atoms with van der Waals surface area (Å²) in [5.74, 6) is -0.626. The van der Waals surface area contributed by atoms with Gasteiger partial charge in [-0.2, -0.15) is 0 Å². The van der Waals surface area contributed by atoms with Crippen molar-refractivity contribution in [3.8, 4) is 0 Å². The second-order valence-corrected chi connectivity index (χ2v) is 6.75. The summed E-state index contributed by atoms with van der Waals surface area (Å²) in [6.07, 6.45) is 2.43. The molecule has 102 valence electrons. The fourth-order valence-electron chi connectivity index (χ4n) is 1.31. The topological polar surface area (TPSA) is 66.5 Å². The van der Waals surface area contributed by atoms with Gasteiger partial charge in [0.2, 0.25) is 5.91 Å². The normalized spacial score (nSPS) is 13.4. The second-order valence-electron chi connectivity index (χ2n) is 4.57. The molecule has 0 saturated heterocycles. The van der Waals surface area contributed by atoms with Gasteiger partial charge in [-0.15, -0.1) is 0 Å². The van der Waals surface area contributed by atoms with Crippen molar-refractivity contribution in [1.82, 2.24) is 10.2 Å². The lowest BCUT2D eigenvalue weighted by atomic mass is 10.1. The Morgan fingerprint density at radius 2 is 1.88 bits per heavy atom. The lowest BCUT2D eigenvalue weighted by Crippen LogP contribution is -2.30. The Morgan fingerprint density at radius 1 is 1.29 bits per heavy atom. The van der Waals surface area contributed by atoms with E-state index in [1.165, 1.54) is 4.90 Å². The van der Waals surface area contributed by atoms with Crippen molar-refractivity contribution in [3.05, 3.63) is 0 Å². The number of amides is 1. The summed E-state index contributed by atoms with van der Waals surface area (Å²) in [4.78, 5) is 12.6. The molecule has 0 heterocycles. The summed E-state index contributed by atoms with van der Waals surface area (Å²) in [6, 6.07) is 0.404. The maximum atomic E-state index is 11.6. The zero-order valence-corrected chi connectivity index (χ0v) is 12.0. The highest BCUT2D eigenvalue weighted by atomic mass is 32.2. The van der Waals surface area contributed by atoms with Crippen LogP contribution in [-0.2, 0) is 14.6 Å². The molecule has 0 saturated carbocycles. The number of nitrogens with one attached hydrogen (secondary N) is 1. The number of sulfone groups is 1. The van der Waals surface area contributed by atoms with Crippen molar-refractivity contribution in [2.45, 2.75) is 32.2 Å². The van der Waals surface area contributed by atoms with Gasteiger partial charge in [0.1, 0.15) is 5.75 Å². The second kappa shape index (κ2) is 7.66. The van der Waals surface area contributed by atoms with Crippen molar-refractivity contribution < 1.29 is 13.2 Å². The van der Waals surface area contributed by atoms with Gasteiger partial charge in [0.15, 0.2) is 9.84 Å². The molecule has 0 radical (unpaired) electrons. The molecule has 6 heteroatoms. The molecular formula is C11H24N2O3S. The van der Waals surface area contributed by atoms with Gasteiger partial charge in [0.05, 0.1) is 5.75 Å². The van der Waals surface area contributed by atoms with Gasteiger partial charge in [-0.25, -0.2) is 8.42 Å². The van der Waals surface area contributed by atoms with Crippen LogP contribution in [0.2, 0.25) is 0 Å². The number of nitrogens with zero attached hydrogens (tertiary/aromatic N) is 1. The molecule has 0 aromatic rings. The molecule has 1 N–H and O–H groups in total. The van der Waals surface area contributed by atoms with Crippen LogP contribution in [0.3, 0.4) is 0 Å². The highest BCUT2D eigenvalue weighted by Gasteiger charge is 2.17. The predicted molar refractivity (Wildman–Crippen MR) is 69.7 cm³/mol. The van der Waals surface area contributed by atoms with E-state index in [1.807, 2.05) is 7.05 Å². The summed E-state index contributed by atoms with van der Waals surface area (Å²) in [5.41, 5.74) is 0. The van der Waals surface area contributed by atoms with Crippen molar-refractivity contribution >= 4 is 15.7 Å². The van der Waals surface area contributed by atoms with Gasteiger partial charge in [0.25, 0.3) is 0 Å². The summed E-state index contributed by atoms with van der Waals surface area (Å²) in [7, 11) is 1.77. The van der Waals surface area contributed by atoms with Crippen molar-refractivity contribution in [2.75, 3.05) is 32.6 Å². The Balaban J connectivity index is 3.91. The fraction of sp³-hybridized carbons (Fsp3) is 0.909. The van der Waals surface area contributed by atoms with Gasteiger partial charge in [-0.1, -0.05) is 6.42 Å². The van der Waals surface area contributed by atoms with E-state index in [9.17, 15) is 13.2 Å². The third kappa shape index (κ3) is 8.15. The summed E-state index contributed by atoms with van der Waals surface area (Å²) in [5, 5.41) is 3.10. The largest absolute Gasteiger partial charge is 0.348 e. The van der Waals surface area contributed by atoms with Crippen LogP contribution in [0.25, 0.3) is 0 Å². The minimum Gasteiger partial charge on any atom is -0.348 e. The molecular weight excluding hydrogens is 240 g/mol. The molecule has 1 unspecified atom stereocenters. The lowest BCUT2D eigenvalue weighted by Gasteiger charge is -2.11.